The SMILES string of the molecule is COc1ccccc1OCc1ccc(/C=C/C(=O)c2cc(Br)cs2)o1. The summed E-state index contributed by atoms with van der Waals surface area (Å²) < 4.78 is 17.5. The van der Waals surface area contributed by atoms with Crippen LogP contribution in [0.5, 0.6) is 11.5 Å². The summed E-state index contributed by atoms with van der Waals surface area (Å²) in [5.41, 5.74) is 0. The van der Waals surface area contributed by atoms with E-state index < -0.39 is 0 Å². The number of thiophene rings is 1. The van der Waals surface area contributed by atoms with Crippen molar-refractivity contribution < 1.29 is 18.7 Å². The fraction of sp³-hybridized carbons (Fsp3) is 0.105. The lowest BCUT2D eigenvalue weighted by Gasteiger charge is -2.08. The van der Waals surface area contributed by atoms with Crippen molar-refractivity contribution in [2.45, 2.75) is 6.61 Å². The van der Waals surface area contributed by atoms with Crippen molar-refractivity contribution >= 4 is 39.1 Å². The van der Waals surface area contributed by atoms with Crippen molar-refractivity contribution in [1.82, 2.24) is 0 Å². The van der Waals surface area contributed by atoms with Crippen molar-refractivity contribution in [1.29, 1.82) is 0 Å². The Morgan fingerprint density at radius 1 is 1.24 bits per heavy atom. The van der Waals surface area contributed by atoms with Crippen LogP contribution in [0.1, 0.15) is 21.2 Å². The van der Waals surface area contributed by atoms with E-state index in [9.17, 15) is 4.79 Å². The van der Waals surface area contributed by atoms with Gasteiger partial charge in [-0.1, -0.05) is 12.1 Å². The first kappa shape index (κ1) is 17.5. The summed E-state index contributed by atoms with van der Waals surface area (Å²) in [5.74, 6) is 2.53. The van der Waals surface area contributed by atoms with Gasteiger partial charge >= 0.3 is 0 Å². The number of carbonyl (C=O) groups is 1. The van der Waals surface area contributed by atoms with E-state index in [1.807, 2.05) is 35.7 Å². The van der Waals surface area contributed by atoms with Gasteiger partial charge in [0.25, 0.3) is 0 Å². The lowest BCUT2D eigenvalue weighted by Crippen LogP contribution is -1.96. The molecule has 0 radical (unpaired) electrons. The minimum absolute atomic E-state index is 0.0566. The summed E-state index contributed by atoms with van der Waals surface area (Å²) in [6, 6.07) is 12.8. The zero-order valence-corrected chi connectivity index (χ0v) is 15.8. The molecule has 0 bridgehead atoms. The minimum atomic E-state index is -0.0566. The van der Waals surface area contributed by atoms with Crippen LogP contribution in [0, 0.1) is 0 Å². The van der Waals surface area contributed by atoms with E-state index in [2.05, 4.69) is 15.9 Å². The second-order valence-corrected chi connectivity index (χ2v) is 6.90. The molecular weight excluding hydrogens is 404 g/mol. The van der Waals surface area contributed by atoms with E-state index in [-0.39, 0.29) is 12.4 Å². The van der Waals surface area contributed by atoms with Crippen LogP contribution < -0.4 is 9.47 Å². The van der Waals surface area contributed by atoms with Crippen molar-refractivity contribution in [2.24, 2.45) is 0 Å². The number of hydrogen-bond acceptors (Lipinski definition) is 5. The molecule has 0 fully saturated rings. The van der Waals surface area contributed by atoms with Crippen LogP contribution in [0.3, 0.4) is 0 Å². The van der Waals surface area contributed by atoms with E-state index >= 15 is 0 Å². The highest BCUT2D eigenvalue weighted by atomic mass is 79.9. The Hall–Kier alpha value is -2.31. The normalized spacial score (nSPS) is 11.0. The Bertz CT molecular complexity index is 894. The summed E-state index contributed by atoms with van der Waals surface area (Å²) >= 11 is 4.74. The molecule has 6 heteroatoms. The van der Waals surface area contributed by atoms with Gasteiger partial charge in [-0.25, -0.2) is 0 Å². The zero-order chi connectivity index (χ0) is 17.6. The van der Waals surface area contributed by atoms with Crippen LogP contribution in [0.2, 0.25) is 0 Å². The van der Waals surface area contributed by atoms with E-state index in [0.29, 0.717) is 27.9 Å². The van der Waals surface area contributed by atoms with Gasteiger partial charge in [0.1, 0.15) is 18.1 Å². The van der Waals surface area contributed by atoms with E-state index in [0.717, 1.165) is 4.47 Å². The van der Waals surface area contributed by atoms with Gasteiger partial charge in [0.05, 0.1) is 12.0 Å². The molecule has 3 aromatic rings. The van der Waals surface area contributed by atoms with E-state index in [1.54, 1.807) is 25.3 Å². The molecule has 0 saturated heterocycles. The maximum Gasteiger partial charge on any atom is 0.195 e. The number of carbonyl (C=O) groups excluding carboxylic acids is 1. The molecule has 0 aliphatic heterocycles. The quantitative estimate of drug-likeness (QED) is 0.370. The van der Waals surface area contributed by atoms with Crippen LogP contribution in [-0.2, 0) is 6.61 Å². The second-order valence-electron chi connectivity index (χ2n) is 5.07. The Kier molecular flexibility index (Phi) is 5.73. The number of hydrogen-bond donors (Lipinski definition) is 0. The third-order valence-electron chi connectivity index (χ3n) is 3.33. The molecule has 25 heavy (non-hydrogen) atoms. The van der Waals surface area contributed by atoms with Gasteiger partial charge in [-0.3, -0.25) is 4.79 Å². The van der Waals surface area contributed by atoms with E-state index in [1.165, 1.54) is 17.4 Å². The highest BCUT2D eigenvalue weighted by molar-refractivity contribution is 9.10. The van der Waals surface area contributed by atoms with Crippen LogP contribution in [0.15, 0.2) is 62.8 Å². The van der Waals surface area contributed by atoms with Crippen LogP contribution in [0.25, 0.3) is 6.08 Å². The van der Waals surface area contributed by atoms with Gasteiger partial charge in [-0.15, -0.1) is 11.3 Å². The molecule has 0 saturated carbocycles. The monoisotopic (exact) mass is 418 g/mol. The number of benzene rings is 1. The maximum atomic E-state index is 12.0. The van der Waals surface area contributed by atoms with Gasteiger partial charge in [-0.05, 0) is 58.4 Å². The number of para-hydroxylation sites is 2. The summed E-state index contributed by atoms with van der Waals surface area (Å²) in [7, 11) is 1.60. The lowest BCUT2D eigenvalue weighted by molar-refractivity contribution is 0.105. The largest absolute Gasteiger partial charge is 0.493 e. The first-order valence-electron chi connectivity index (χ1n) is 7.46. The Balaban J connectivity index is 1.60. The highest BCUT2D eigenvalue weighted by Crippen LogP contribution is 2.27. The average Bonchev–Trinajstić information content (AvgIpc) is 3.27. The summed E-state index contributed by atoms with van der Waals surface area (Å²) in [5, 5.41) is 1.88. The average molecular weight is 419 g/mol. The summed E-state index contributed by atoms with van der Waals surface area (Å²) in [4.78, 5) is 12.7. The first-order chi connectivity index (χ1) is 12.2. The van der Waals surface area contributed by atoms with Crippen molar-refractivity contribution in [3.8, 4) is 11.5 Å². The number of methoxy groups -OCH3 is 1. The number of allylic oxidation sites excluding steroid dienone is 1. The molecule has 0 spiro atoms. The maximum absolute atomic E-state index is 12.0. The lowest BCUT2D eigenvalue weighted by atomic mass is 10.3. The van der Waals surface area contributed by atoms with Crippen molar-refractivity contribution in [3.63, 3.8) is 0 Å². The topological polar surface area (TPSA) is 48.7 Å². The molecular formula is C19H15BrO4S. The molecule has 1 aromatic carbocycles. The molecule has 0 aliphatic carbocycles. The second kappa shape index (κ2) is 8.18. The number of halogens is 1. The molecule has 3 rings (SSSR count). The summed E-state index contributed by atoms with van der Waals surface area (Å²) in [6.07, 6.45) is 3.16. The Morgan fingerprint density at radius 3 is 2.76 bits per heavy atom. The fourth-order valence-corrected chi connectivity index (χ4v) is 3.48. The molecule has 0 unspecified atom stereocenters. The van der Waals surface area contributed by atoms with Gasteiger partial charge in [0, 0.05) is 9.85 Å². The van der Waals surface area contributed by atoms with Crippen molar-refractivity contribution in [2.75, 3.05) is 7.11 Å². The molecule has 0 amide bonds. The van der Waals surface area contributed by atoms with Gasteiger partial charge in [0.15, 0.2) is 17.3 Å². The predicted octanol–water partition coefficient (Wildman–Crippen LogP) is 5.59. The Labute approximate surface area is 157 Å². The highest BCUT2D eigenvalue weighted by Gasteiger charge is 2.07. The molecule has 0 aliphatic rings. The number of rotatable bonds is 7. The smallest absolute Gasteiger partial charge is 0.195 e. The molecule has 2 heterocycles. The molecule has 0 atom stereocenters. The Morgan fingerprint density at radius 2 is 2.04 bits per heavy atom. The minimum Gasteiger partial charge on any atom is -0.493 e. The van der Waals surface area contributed by atoms with Crippen LogP contribution in [0.4, 0.5) is 0 Å². The number of furan rings is 1. The first-order valence-corrected chi connectivity index (χ1v) is 9.14. The van der Waals surface area contributed by atoms with Gasteiger partial charge < -0.3 is 13.9 Å². The predicted molar refractivity (Wildman–Crippen MR) is 101 cm³/mol. The molecule has 2 aromatic heterocycles. The molecule has 0 N–H and O–H groups in total. The molecule has 128 valence electrons. The van der Waals surface area contributed by atoms with E-state index in [4.69, 9.17) is 13.9 Å². The third-order valence-corrected chi connectivity index (χ3v) is 5.04. The van der Waals surface area contributed by atoms with Crippen molar-refractivity contribution in [3.05, 3.63) is 74.8 Å². The zero-order valence-electron chi connectivity index (χ0n) is 13.4. The third kappa shape index (κ3) is 4.61. The van der Waals surface area contributed by atoms with Gasteiger partial charge in [-0.2, -0.15) is 0 Å². The van der Waals surface area contributed by atoms with Crippen LogP contribution >= 0.6 is 27.3 Å². The van der Waals surface area contributed by atoms with Gasteiger partial charge in [0.2, 0.25) is 0 Å². The summed E-state index contributed by atoms with van der Waals surface area (Å²) in [6.45, 7) is 0.278. The number of ether oxygens (including phenoxy) is 2. The van der Waals surface area contributed by atoms with Crippen LogP contribution in [-0.4, -0.2) is 12.9 Å². The number of ketones is 1. The molecule has 4 nitrogen and oxygen atoms in total. The fourth-order valence-electron chi connectivity index (χ4n) is 2.13. The standard InChI is InChI=1S/C19H15BrO4S/c1-22-17-4-2-3-5-18(17)23-11-15-7-6-14(24-15)8-9-16(21)19-10-13(20)12-25-19/h2-10,12H,11H2,1H3/b9-8+.